The number of hydrogen-bond acceptors (Lipinski definition) is 4. The molecule has 56 valence electrons. The molecule has 0 saturated carbocycles. The molecular weight excluding hydrogens is 122 g/mol. The van der Waals surface area contributed by atoms with Crippen molar-refractivity contribution in [3.8, 4) is 0 Å². The van der Waals surface area contributed by atoms with E-state index in [1.54, 1.807) is 0 Å². The van der Waals surface area contributed by atoms with E-state index in [-0.39, 0.29) is 19.4 Å². The summed E-state index contributed by atoms with van der Waals surface area (Å²) in [5.41, 5.74) is 4.94. The highest BCUT2D eigenvalue weighted by atomic mass is 16.3. The van der Waals surface area contributed by atoms with Crippen LogP contribution in [-0.2, 0) is 0 Å². The third-order valence-electron chi connectivity index (χ3n) is 0.976. The number of aliphatic hydroxyl groups excluding tert-OH is 3. The monoisotopic (exact) mass is 135 g/mol. The van der Waals surface area contributed by atoms with E-state index in [9.17, 15) is 0 Å². The summed E-state index contributed by atoms with van der Waals surface area (Å²) in [6.45, 7) is -0.0755. The zero-order valence-electron chi connectivity index (χ0n) is 5.20. The van der Waals surface area contributed by atoms with Gasteiger partial charge in [-0.2, -0.15) is 0 Å². The summed E-state index contributed by atoms with van der Waals surface area (Å²) in [4.78, 5) is 0. The van der Waals surface area contributed by atoms with Crippen molar-refractivity contribution < 1.29 is 15.3 Å². The minimum atomic E-state index is -0.980. The maximum absolute atomic E-state index is 8.82. The van der Waals surface area contributed by atoms with Gasteiger partial charge in [0.25, 0.3) is 0 Å². The first-order valence-corrected chi connectivity index (χ1v) is 2.89. The minimum absolute atomic E-state index is 0.0755. The van der Waals surface area contributed by atoms with Crippen LogP contribution in [0.25, 0.3) is 0 Å². The lowest BCUT2D eigenvalue weighted by Crippen LogP contribution is -2.25. The lowest BCUT2D eigenvalue weighted by molar-refractivity contribution is 0.0672. The SMILES string of the molecule is N[C@@H](O)C[C@@H](O)CCO. The summed E-state index contributed by atoms with van der Waals surface area (Å²) in [6.07, 6.45) is -1.27. The van der Waals surface area contributed by atoms with Crippen LogP contribution < -0.4 is 5.73 Å². The zero-order chi connectivity index (χ0) is 7.28. The maximum atomic E-state index is 8.82. The van der Waals surface area contributed by atoms with Gasteiger partial charge in [-0.15, -0.1) is 0 Å². The summed E-state index contributed by atoms with van der Waals surface area (Å²) < 4.78 is 0. The molecule has 0 radical (unpaired) electrons. The van der Waals surface area contributed by atoms with Crippen LogP contribution in [0.1, 0.15) is 12.8 Å². The molecule has 0 spiro atoms. The van der Waals surface area contributed by atoms with E-state index < -0.39 is 12.3 Å². The quantitative estimate of drug-likeness (QED) is 0.349. The molecule has 9 heavy (non-hydrogen) atoms. The summed E-state index contributed by atoms with van der Waals surface area (Å²) in [5, 5.41) is 25.6. The predicted molar refractivity (Wildman–Crippen MR) is 32.5 cm³/mol. The van der Waals surface area contributed by atoms with Gasteiger partial charge in [0, 0.05) is 13.0 Å². The number of hydrogen-bond donors (Lipinski definition) is 4. The first-order chi connectivity index (χ1) is 4.16. The summed E-state index contributed by atoms with van der Waals surface area (Å²) in [7, 11) is 0. The molecule has 0 saturated heterocycles. The van der Waals surface area contributed by atoms with Crippen molar-refractivity contribution in [3.63, 3.8) is 0 Å². The van der Waals surface area contributed by atoms with Crippen LogP contribution in [0.3, 0.4) is 0 Å². The van der Waals surface area contributed by atoms with Crippen LogP contribution in [0.15, 0.2) is 0 Å². The molecule has 0 aliphatic heterocycles. The number of nitrogens with two attached hydrogens (primary N) is 1. The van der Waals surface area contributed by atoms with E-state index in [0.717, 1.165) is 0 Å². The van der Waals surface area contributed by atoms with E-state index in [4.69, 9.17) is 21.1 Å². The van der Waals surface area contributed by atoms with Gasteiger partial charge in [0.15, 0.2) is 0 Å². The molecule has 0 aliphatic rings. The Kier molecular flexibility index (Phi) is 4.61. The third kappa shape index (κ3) is 5.72. The fourth-order valence-electron chi connectivity index (χ4n) is 0.546. The molecule has 0 aromatic rings. The fourth-order valence-corrected chi connectivity index (χ4v) is 0.546. The Bertz CT molecular complexity index is 67.2. The van der Waals surface area contributed by atoms with Crippen molar-refractivity contribution in [2.75, 3.05) is 6.61 Å². The van der Waals surface area contributed by atoms with Gasteiger partial charge in [0.05, 0.1) is 6.10 Å². The van der Waals surface area contributed by atoms with Crippen molar-refractivity contribution >= 4 is 0 Å². The van der Waals surface area contributed by atoms with Crippen molar-refractivity contribution in [1.29, 1.82) is 0 Å². The molecule has 4 nitrogen and oxygen atoms in total. The summed E-state index contributed by atoms with van der Waals surface area (Å²) in [6, 6.07) is 0. The van der Waals surface area contributed by atoms with Crippen molar-refractivity contribution in [2.24, 2.45) is 5.73 Å². The molecule has 0 aromatic heterocycles. The molecule has 0 bridgehead atoms. The Balaban J connectivity index is 3.15. The molecule has 2 atom stereocenters. The van der Waals surface area contributed by atoms with E-state index in [2.05, 4.69) is 0 Å². The molecule has 0 heterocycles. The number of rotatable bonds is 4. The average Bonchev–Trinajstić information content (AvgIpc) is 1.63. The average molecular weight is 135 g/mol. The largest absolute Gasteiger partial charge is 0.396 e. The Morgan fingerprint density at radius 3 is 2.22 bits per heavy atom. The third-order valence-corrected chi connectivity index (χ3v) is 0.976. The Morgan fingerprint density at radius 1 is 1.33 bits per heavy atom. The second-order valence-electron chi connectivity index (χ2n) is 1.97. The summed E-state index contributed by atoms with van der Waals surface area (Å²) in [5.74, 6) is 0. The lowest BCUT2D eigenvalue weighted by atomic mass is 10.2. The van der Waals surface area contributed by atoms with Gasteiger partial charge >= 0.3 is 0 Å². The van der Waals surface area contributed by atoms with Crippen LogP contribution >= 0.6 is 0 Å². The van der Waals surface area contributed by atoms with Crippen LogP contribution in [0.4, 0.5) is 0 Å². The first-order valence-electron chi connectivity index (χ1n) is 2.89. The van der Waals surface area contributed by atoms with Crippen molar-refractivity contribution in [2.45, 2.75) is 25.2 Å². The van der Waals surface area contributed by atoms with Gasteiger partial charge in [-0.1, -0.05) is 0 Å². The van der Waals surface area contributed by atoms with Crippen LogP contribution in [0, 0.1) is 0 Å². The lowest BCUT2D eigenvalue weighted by Gasteiger charge is -2.09. The highest BCUT2D eigenvalue weighted by molar-refractivity contribution is 4.57. The summed E-state index contributed by atoms with van der Waals surface area (Å²) >= 11 is 0. The molecule has 0 aliphatic carbocycles. The molecule has 0 unspecified atom stereocenters. The standard InChI is InChI=1S/C5H13NO3/c6-5(9)3-4(8)1-2-7/h4-5,7-9H,1-3,6H2/t4-,5-/m0/s1. The maximum Gasteiger partial charge on any atom is 0.104 e. The van der Waals surface area contributed by atoms with Gasteiger partial charge in [-0.25, -0.2) is 0 Å². The molecule has 5 N–H and O–H groups in total. The smallest absolute Gasteiger partial charge is 0.104 e. The molecule has 4 heteroatoms. The second-order valence-corrected chi connectivity index (χ2v) is 1.97. The van der Waals surface area contributed by atoms with Gasteiger partial charge in [-0.3, -0.25) is 0 Å². The molecule has 0 amide bonds. The van der Waals surface area contributed by atoms with E-state index in [1.807, 2.05) is 0 Å². The Morgan fingerprint density at radius 2 is 1.89 bits per heavy atom. The van der Waals surface area contributed by atoms with Crippen LogP contribution in [-0.4, -0.2) is 34.3 Å². The molecule has 0 fully saturated rings. The van der Waals surface area contributed by atoms with E-state index >= 15 is 0 Å². The van der Waals surface area contributed by atoms with Crippen LogP contribution in [0.2, 0.25) is 0 Å². The Hall–Kier alpha value is -0.160. The Labute approximate surface area is 53.9 Å². The topological polar surface area (TPSA) is 86.7 Å². The van der Waals surface area contributed by atoms with E-state index in [1.165, 1.54) is 0 Å². The highest BCUT2D eigenvalue weighted by Crippen LogP contribution is 1.97. The van der Waals surface area contributed by atoms with Crippen LogP contribution in [0.5, 0.6) is 0 Å². The van der Waals surface area contributed by atoms with Gasteiger partial charge < -0.3 is 21.1 Å². The van der Waals surface area contributed by atoms with Gasteiger partial charge in [-0.05, 0) is 6.42 Å². The van der Waals surface area contributed by atoms with Crippen molar-refractivity contribution in [1.82, 2.24) is 0 Å². The van der Waals surface area contributed by atoms with Gasteiger partial charge in [0.2, 0.25) is 0 Å². The molecular formula is C5H13NO3. The second kappa shape index (κ2) is 4.69. The zero-order valence-corrected chi connectivity index (χ0v) is 5.20. The molecule has 0 aromatic carbocycles. The predicted octanol–water partition coefficient (Wildman–Crippen LogP) is -1.60. The fraction of sp³-hybridized carbons (Fsp3) is 1.00. The van der Waals surface area contributed by atoms with Crippen molar-refractivity contribution in [3.05, 3.63) is 0 Å². The minimum Gasteiger partial charge on any atom is -0.396 e. The highest BCUT2D eigenvalue weighted by Gasteiger charge is 2.05. The van der Waals surface area contributed by atoms with E-state index in [0.29, 0.717) is 0 Å². The normalized spacial score (nSPS) is 17.3. The molecule has 0 rings (SSSR count). The number of aliphatic hydroxyl groups is 3. The van der Waals surface area contributed by atoms with Gasteiger partial charge in [0.1, 0.15) is 6.23 Å². The first kappa shape index (κ1) is 8.84.